The highest BCUT2D eigenvalue weighted by Crippen LogP contribution is 2.22. The van der Waals surface area contributed by atoms with Crippen LogP contribution in [0.5, 0.6) is 0 Å². The minimum absolute atomic E-state index is 0.139. The summed E-state index contributed by atoms with van der Waals surface area (Å²) in [6.07, 6.45) is 8.66. The zero-order chi connectivity index (χ0) is 16.3. The van der Waals surface area contributed by atoms with E-state index >= 15 is 0 Å². The van der Waals surface area contributed by atoms with Gasteiger partial charge in [0.15, 0.2) is 5.82 Å². The van der Waals surface area contributed by atoms with Crippen molar-refractivity contribution in [3.8, 4) is 0 Å². The van der Waals surface area contributed by atoms with Crippen LogP contribution in [0.3, 0.4) is 0 Å². The normalized spacial score (nSPS) is 14.4. The van der Waals surface area contributed by atoms with Crippen LogP contribution in [0.2, 0.25) is 0 Å². The van der Waals surface area contributed by atoms with E-state index in [1.54, 1.807) is 18.9 Å². The molecule has 2 aromatic heterocycles. The summed E-state index contributed by atoms with van der Waals surface area (Å²) in [5.41, 5.74) is 1.68. The molecule has 1 aliphatic heterocycles. The van der Waals surface area contributed by atoms with Gasteiger partial charge in [0.2, 0.25) is 0 Å². The van der Waals surface area contributed by atoms with Crippen LogP contribution in [-0.2, 0) is 0 Å². The third-order valence-corrected chi connectivity index (χ3v) is 3.51. The molecule has 0 unspecified atom stereocenters. The summed E-state index contributed by atoms with van der Waals surface area (Å²) in [4.78, 5) is 19.1. The summed E-state index contributed by atoms with van der Waals surface area (Å²) < 4.78 is 0. The lowest BCUT2D eigenvalue weighted by Crippen LogP contribution is -2.30. The van der Waals surface area contributed by atoms with Crippen LogP contribution in [0.15, 0.2) is 18.9 Å². The Labute approximate surface area is 135 Å². The fourth-order valence-electron chi connectivity index (χ4n) is 2.42. The standard InChI is InChI=1S/C11H13N5.C4H11NO2/c1-2-4-16(5-3-1)11-10-9(13-8-15-11)6-12-7-14-10;6-3-1-5-2-4-7/h6-8H,1-5H2;5-7H,1-4H2. The van der Waals surface area contributed by atoms with Gasteiger partial charge in [0.1, 0.15) is 23.7 Å². The maximum absolute atomic E-state index is 8.15. The van der Waals surface area contributed by atoms with Gasteiger partial charge in [-0.3, -0.25) is 0 Å². The van der Waals surface area contributed by atoms with Gasteiger partial charge in [-0.15, -0.1) is 0 Å². The molecule has 8 nitrogen and oxygen atoms in total. The zero-order valence-corrected chi connectivity index (χ0v) is 13.2. The van der Waals surface area contributed by atoms with E-state index in [0.29, 0.717) is 13.1 Å². The van der Waals surface area contributed by atoms with Gasteiger partial charge in [0.05, 0.1) is 19.4 Å². The van der Waals surface area contributed by atoms with Gasteiger partial charge in [-0.05, 0) is 19.3 Å². The van der Waals surface area contributed by atoms with E-state index in [0.717, 1.165) is 29.9 Å². The van der Waals surface area contributed by atoms with Crippen molar-refractivity contribution >= 4 is 16.9 Å². The summed E-state index contributed by atoms with van der Waals surface area (Å²) >= 11 is 0. The highest BCUT2D eigenvalue weighted by atomic mass is 16.3. The fourth-order valence-corrected chi connectivity index (χ4v) is 2.42. The fraction of sp³-hybridized carbons (Fsp3) is 0.600. The second-order valence-electron chi connectivity index (χ2n) is 5.20. The van der Waals surface area contributed by atoms with Gasteiger partial charge >= 0.3 is 0 Å². The quantitative estimate of drug-likeness (QED) is 0.659. The van der Waals surface area contributed by atoms with Crippen LogP contribution in [-0.4, -0.2) is 69.5 Å². The predicted octanol–water partition coefficient (Wildman–Crippen LogP) is -0.0293. The first-order chi connectivity index (χ1) is 11.4. The molecular formula is C15H24N6O2. The Bertz CT molecular complexity index is 567. The van der Waals surface area contributed by atoms with Crippen molar-refractivity contribution in [1.29, 1.82) is 0 Å². The molecule has 3 heterocycles. The van der Waals surface area contributed by atoms with Crippen LogP contribution in [0.1, 0.15) is 19.3 Å². The van der Waals surface area contributed by atoms with Crippen LogP contribution >= 0.6 is 0 Å². The van der Waals surface area contributed by atoms with Crippen LogP contribution in [0, 0.1) is 0 Å². The Balaban J connectivity index is 0.000000236. The number of aliphatic hydroxyl groups is 2. The molecule has 0 aliphatic carbocycles. The molecular weight excluding hydrogens is 296 g/mol. The van der Waals surface area contributed by atoms with Crippen molar-refractivity contribution < 1.29 is 10.2 Å². The van der Waals surface area contributed by atoms with Gasteiger partial charge in [0, 0.05) is 26.2 Å². The van der Waals surface area contributed by atoms with E-state index in [1.807, 2.05) is 0 Å². The Hall–Kier alpha value is -1.90. The molecule has 126 valence electrons. The Morgan fingerprint density at radius 1 is 0.957 bits per heavy atom. The number of piperidine rings is 1. The van der Waals surface area contributed by atoms with Crippen molar-refractivity contribution in [2.75, 3.05) is 44.3 Å². The predicted molar refractivity (Wildman–Crippen MR) is 88.2 cm³/mol. The molecule has 3 N–H and O–H groups in total. The molecule has 1 fully saturated rings. The molecule has 0 radical (unpaired) electrons. The van der Waals surface area contributed by atoms with E-state index in [9.17, 15) is 0 Å². The van der Waals surface area contributed by atoms with E-state index in [1.165, 1.54) is 19.3 Å². The molecule has 0 spiro atoms. The molecule has 1 saturated heterocycles. The summed E-state index contributed by atoms with van der Waals surface area (Å²) in [5.74, 6) is 0.951. The first-order valence-electron chi connectivity index (χ1n) is 7.95. The first-order valence-corrected chi connectivity index (χ1v) is 7.95. The molecule has 0 atom stereocenters. The monoisotopic (exact) mass is 320 g/mol. The lowest BCUT2D eigenvalue weighted by atomic mass is 10.1. The number of nitrogens with zero attached hydrogens (tertiary/aromatic N) is 5. The number of fused-ring (bicyclic) bond motifs is 1. The maximum atomic E-state index is 8.15. The largest absolute Gasteiger partial charge is 0.395 e. The average Bonchev–Trinajstić information content (AvgIpc) is 2.63. The Morgan fingerprint density at radius 2 is 1.70 bits per heavy atom. The highest BCUT2D eigenvalue weighted by Gasteiger charge is 2.15. The number of aliphatic hydroxyl groups excluding tert-OH is 2. The lowest BCUT2D eigenvalue weighted by Gasteiger charge is -2.27. The molecule has 0 saturated carbocycles. The molecule has 2 aromatic rings. The molecule has 0 amide bonds. The zero-order valence-electron chi connectivity index (χ0n) is 13.2. The minimum atomic E-state index is 0.139. The molecule has 0 bridgehead atoms. The van der Waals surface area contributed by atoms with Crippen molar-refractivity contribution in [3.63, 3.8) is 0 Å². The molecule has 23 heavy (non-hydrogen) atoms. The number of nitrogens with one attached hydrogen (secondary N) is 1. The van der Waals surface area contributed by atoms with E-state index in [-0.39, 0.29) is 13.2 Å². The topological polar surface area (TPSA) is 107 Å². The van der Waals surface area contributed by atoms with Crippen molar-refractivity contribution in [1.82, 2.24) is 25.3 Å². The lowest BCUT2D eigenvalue weighted by molar-refractivity contribution is 0.267. The minimum Gasteiger partial charge on any atom is -0.395 e. The SMILES string of the molecule is OCCNCCO.c1nc(N2CCCCC2)c2ncncc2n1. The summed E-state index contributed by atoms with van der Waals surface area (Å²) in [6.45, 7) is 3.55. The number of aromatic nitrogens is 4. The molecule has 1 aliphatic rings. The molecule has 8 heteroatoms. The van der Waals surface area contributed by atoms with E-state index < -0.39 is 0 Å². The number of hydrogen-bond acceptors (Lipinski definition) is 8. The molecule has 0 aromatic carbocycles. The van der Waals surface area contributed by atoms with Crippen LogP contribution in [0.4, 0.5) is 5.82 Å². The van der Waals surface area contributed by atoms with Crippen molar-refractivity contribution in [3.05, 3.63) is 18.9 Å². The van der Waals surface area contributed by atoms with E-state index in [4.69, 9.17) is 10.2 Å². The van der Waals surface area contributed by atoms with Gasteiger partial charge in [-0.2, -0.15) is 0 Å². The average molecular weight is 320 g/mol. The van der Waals surface area contributed by atoms with Crippen LogP contribution < -0.4 is 10.2 Å². The highest BCUT2D eigenvalue weighted by molar-refractivity contribution is 5.84. The van der Waals surface area contributed by atoms with Crippen molar-refractivity contribution in [2.45, 2.75) is 19.3 Å². The van der Waals surface area contributed by atoms with Crippen LogP contribution in [0.25, 0.3) is 11.0 Å². The first kappa shape index (κ1) is 17.5. The van der Waals surface area contributed by atoms with Gasteiger partial charge < -0.3 is 20.4 Å². The third kappa shape index (κ3) is 5.34. The Morgan fingerprint density at radius 3 is 2.39 bits per heavy atom. The number of hydrogen-bond donors (Lipinski definition) is 3. The number of anilines is 1. The number of rotatable bonds is 5. The summed E-state index contributed by atoms with van der Waals surface area (Å²) in [7, 11) is 0. The second-order valence-corrected chi connectivity index (χ2v) is 5.20. The smallest absolute Gasteiger partial charge is 0.158 e. The third-order valence-electron chi connectivity index (χ3n) is 3.51. The summed E-state index contributed by atoms with van der Waals surface area (Å²) in [6, 6.07) is 0. The van der Waals surface area contributed by atoms with Gasteiger partial charge in [0.25, 0.3) is 0 Å². The maximum Gasteiger partial charge on any atom is 0.158 e. The van der Waals surface area contributed by atoms with Gasteiger partial charge in [-0.25, -0.2) is 19.9 Å². The summed E-state index contributed by atoms with van der Waals surface area (Å²) in [5, 5.41) is 19.1. The Kier molecular flexibility index (Phi) is 7.58. The van der Waals surface area contributed by atoms with Crippen molar-refractivity contribution in [2.24, 2.45) is 0 Å². The second kappa shape index (κ2) is 9.98. The molecule has 3 rings (SSSR count). The van der Waals surface area contributed by atoms with Gasteiger partial charge in [-0.1, -0.05) is 0 Å². The van der Waals surface area contributed by atoms with E-state index in [2.05, 4.69) is 30.2 Å².